The van der Waals surface area contributed by atoms with Crippen molar-refractivity contribution >= 4 is 21.9 Å². The number of sulfonamides is 1. The Morgan fingerprint density at radius 2 is 1.83 bits per heavy atom. The molecule has 1 atom stereocenters. The van der Waals surface area contributed by atoms with Crippen molar-refractivity contribution in [2.75, 3.05) is 20.2 Å². The van der Waals surface area contributed by atoms with Crippen LogP contribution in [0.1, 0.15) is 36.7 Å². The summed E-state index contributed by atoms with van der Waals surface area (Å²) in [5.74, 6) is -1.12. The summed E-state index contributed by atoms with van der Waals surface area (Å²) in [6, 6.07) is 3.61. The van der Waals surface area contributed by atoms with Gasteiger partial charge in [-0.2, -0.15) is 4.31 Å². The number of carbonyl (C=O) groups excluding carboxylic acids is 2. The van der Waals surface area contributed by atoms with Crippen LogP contribution in [-0.2, 0) is 19.6 Å². The number of carbonyl (C=O) groups is 2. The van der Waals surface area contributed by atoms with Crippen molar-refractivity contribution < 1.29 is 22.7 Å². The van der Waals surface area contributed by atoms with E-state index in [1.807, 2.05) is 0 Å². The van der Waals surface area contributed by atoms with Crippen LogP contribution in [0.3, 0.4) is 0 Å². The van der Waals surface area contributed by atoms with Gasteiger partial charge in [-0.25, -0.2) is 13.2 Å². The van der Waals surface area contributed by atoms with Crippen molar-refractivity contribution in [1.82, 2.24) is 9.62 Å². The Morgan fingerprint density at radius 3 is 2.33 bits per heavy atom. The average molecular weight is 356 g/mol. The van der Waals surface area contributed by atoms with Gasteiger partial charge in [0.05, 0.1) is 12.0 Å². The van der Waals surface area contributed by atoms with Crippen LogP contribution in [0.2, 0.25) is 0 Å². The van der Waals surface area contributed by atoms with Crippen molar-refractivity contribution in [3.8, 4) is 0 Å². The number of methoxy groups -OCH3 is 1. The van der Waals surface area contributed by atoms with Crippen LogP contribution in [0, 0.1) is 6.92 Å². The molecule has 7 nitrogen and oxygen atoms in total. The Bertz CT molecular complexity index is 711. The molecule has 0 radical (unpaired) electrons. The average Bonchev–Trinajstić information content (AvgIpc) is 2.54. The summed E-state index contributed by atoms with van der Waals surface area (Å²) in [5, 5.41) is 2.48. The fraction of sp³-hybridized carbons (Fsp3) is 0.500. The van der Waals surface area contributed by atoms with Gasteiger partial charge in [0, 0.05) is 18.7 Å². The molecule has 0 bridgehead atoms. The molecule has 0 heterocycles. The number of rotatable bonds is 7. The molecule has 8 heteroatoms. The van der Waals surface area contributed by atoms with Crippen molar-refractivity contribution in [2.45, 2.75) is 38.6 Å². The Balaban J connectivity index is 3.19. The number of hydrogen-bond acceptors (Lipinski definition) is 5. The van der Waals surface area contributed by atoms with E-state index >= 15 is 0 Å². The Hall–Kier alpha value is -1.93. The third-order valence-electron chi connectivity index (χ3n) is 3.68. The Morgan fingerprint density at radius 1 is 1.25 bits per heavy atom. The highest BCUT2D eigenvalue weighted by molar-refractivity contribution is 7.89. The smallest absolute Gasteiger partial charge is 0.328 e. The van der Waals surface area contributed by atoms with E-state index in [0.29, 0.717) is 18.7 Å². The molecule has 0 spiro atoms. The lowest BCUT2D eigenvalue weighted by Gasteiger charge is -2.20. The second-order valence-corrected chi connectivity index (χ2v) is 7.19. The van der Waals surface area contributed by atoms with Crippen LogP contribution in [0.15, 0.2) is 23.1 Å². The largest absolute Gasteiger partial charge is 0.467 e. The first-order valence-electron chi connectivity index (χ1n) is 7.68. The summed E-state index contributed by atoms with van der Waals surface area (Å²) in [4.78, 5) is 23.7. The predicted molar refractivity (Wildman–Crippen MR) is 90.2 cm³/mol. The molecule has 0 aliphatic carbocycles. The Kier molecular flexibility index (Phi) is 6.92. The molecule has 24 heavy (non-hydrogen) atoms. The topological polar surface area (TPSA) is 92.8 Å². The zero-order valence-electron chi connectivity index (χ0n) is 14.6. The lowest BCUT2D eigenvalue weighted by Crippen LogP contribution is -2.39. The van der Waals surface area contributed by atoms with E-state index in [-0.39, 0.29) is 10.5 Å². The van der Waals surface area contributed by atoms with Gasteiger partial charge in [0.25, 0.3) is 5.91 Å². The number of hydrogen-bond donors (Lipinski definition) is 1. The van der Waals surface area contributed by atoms with Crippen LogP contribution in [0.5, 0.6) is 0 Å². The molecule has 0 aromatic heterocycles. The number of amides is 1. The summed E-state index contributed by atoms with van der Waals surface area (Å²) in [7, 11) is -2.45. The molecule has 1 rings (SSSR count). The van der Waals surface area contributed by atoms with Crippen molar-refractivity contribution in [3.05, 3.63) is 29.3 Å². The van der Waals surface area contributed by atoms with E-state index in [2.05, 4.69) is 10.1 Å². The van der Waals surface area contributed by atoms with Gasteiger partial charge in [-0.1, -0.05) is 19.9 Å². The zero-order chi connectivity index (χ0) is 18.5. The fourth-order valence-corrected chi connectivity index (χ4v) is 3.95. The molecule has 0 aliphatic heterocycles. The van der Waals surface area contributed by atoms with Crippen molar-refractivity contribution in [3.63, 3.8) is 0 Å². The molecule has 1 amide bonds. The quantitative estimate of drug-likeness (QED) is 0.744. The van der Waals surface area contributed by atoms with Crippen LogP contribution in [0.4, 0.5) is 0 Å². The normalized spacial score (nSPS) is 12.8. The van der Waals surface area contributed by atoms with Crippen LogP contribution >= 0.6 is 0 Å². The van der Waals surface area contributed by atoms with Gasteiger partial charge in [0.15, 0.2) is 0 Å². The molecule has 1 aromatic carbocycles. The molecule has 0 fully saturated rings. The number of nitrogens with zero attached hydrogens (tertiary/aromatic N) is 1. The summed E-state index contributed by atoms with van der Waals surface area (Å²) >= 11 is 0. The monoisotopic (exact) mass is 356 g/mol. The minimum atomic E-state index is -3.68. The number of aryl methyl sites for hydroxylation is 1. The second kappa shape index (κ2) is 8.25. The van der Waals surface area contributed by atoms with E-state index in [0.717, 1.165) is 0 Å². The van der Waals surface area contributed by atoms with Crippen LogP contribution in [-0.4, -0.2) is 50.8 Å². The van der Waals surface area contributed by atoms with Crippen LogP contribution < -0.4 is 5.32 Å². The second-order valence-electron chi connectivity index (χ2n) is 5.29. The molecule has 0 saturated carbocycles. The Labute approximate surface area is 143 Å². The summed E-state index contributed by atoms with van der Waals surface area (Å²) in [5.41, 5.74) is 0.724. The molecule has 1 aromatic rings. The molecule has 134 valence electrons. The third kappa shape index (κ3) is 4.33. The fourth-order valence-electron chi connectivity index (χ4n) is 2.24. The highest BCUT2D eigenvalue weighted by Gasteiger charge is 2.25. The van der Waals surface area contributed by atoms with E-state index in [4.69, 9.17) is 0 Å². The minimum Gasteiger partial charge on any atom is -0.467 e. The maximum atomic E-state index is 12.7. The minimum absolute atomic E-state index is 0.0876. The highest BCUT2D eigenvalue weighted by Crippen LogP contribution is 2.21. The lowest BCUT2D eigenvalue weighted by atomic mass is 10.1. The van der Waals surface area contributed by atoms with E-state index in [1.54, 1.807) is 26.8 Å². The first kappa shape index (κ1) is 20.1. The molecule has 0 saturated heterocycles. The lowest BCUT2D eigenvalue weighted by molar-refractivity contribution is -0.142. The van der Waals surface area contributed by atoms with E-state index in [1.165, 1.54) is 30.5 Å². The summed E-state index contributed by atoms with van der Waals surface area (Å²) in [6.45, 7) is 7.36. The maximum Gasteiger partial charge on any atom is 0.328 e. The molecular formula is C16H24N2O5S. The number of esters is 1. The first-order valence-corrected chi connectivity index (χ1v) is 9.12. The molecule has 0 unspecified atom stereocenters. The van der Waals surface area contributed by atoms with Gasteiger partial charge in [0.1, 0.15) is 6.04 Å². The van der Waals surface area contributed by atoms with Gasteiger partial charge in [-0.3, -0.25) is 4.79 Å². The summed E-state index contributed by atoms with van der Waals surface area (Å²) in [6.07, 6.45) is 0. The van der Waals surface area contributed by atoms with Crippen molar-refractivity contribution in [2.24, 2.45) is 0 Å². The van der Waals surface area contributed by atoms with E-state index < -0.39 is 27.9 Å². The molecule has 0 aliphatic rings. The van der Waals surface area contributed by atoms with Crippen molar-refractivity contribution in [1.29, 1.82) is 0 Å². The van der Waals surface area contributed by atoms with Gasteiger partial charge >= 0.3 is 5.97 Å². The third-order valence-corrected chi connectivity index (χ3v) is 5.87. The zero-order valence-corrected chi connectivity index (χ0v) is 15.4. The van der Waals surface area contributed by atoms with Gasteiger partial charge in [0.2, 0.25) is 10.0 Å². The predicted octanol–water partition coefficient (Wildman–Crippen LogP) is 1.32. The van der Waals surface area contributed by atoms with Gasteiger partial charge in [-0.15, -0.1) is 0 Å². The summed E-state index contributed by atoms with van der Waals surface area (Å²) < 4.78 is 31.3. The van der Waals surface area contributed by atoms with Gasteiger partial charge in [-0.05, 0) is 31.5 Å². The van der Waals surface area contributed by atoms with Gasteiger partial charge < -0.3 is 10.1 Å². The highest BCUT2D eigenvalue weighted by atomic mass is 32.2. The maximum absolute atomic E-state index is 12.7. The SMILES string of the molecule is CCN(CC)S(=O)(=O)c1cc(C(=O)N[C@@H](C)C(=O)OC)ccc1C. The molecule has 1 N–H and O–H groups in total. The standard InChI is InChI=1S/C16H24N2O5S/c1-6-18(7-2)24(21,22)14-10-13(9-8-11(14)3)15(19)17-12(4)16(20)23-5/h8-10,12H,6-7H2,1-5H3,(H,17,19)/t12-/m0/s1. The van der Waals surface area contributed by atoms with Crippen LogP contribution in [0.25, 0.3) is 0 Å². The molecular weight excluding hydrogens is 332 g/mol. The number of ether oxygens (including phenoxy) is 1. The number of benzene rings is 1. The van der Waals surface area contributed by atoms with E-state index in [9.17, 15) is 18.0 Å². The first-order chi connectivity index (χ1) is 11.2. The number of nitrogens with one attached hydrogen (secondary N) is 1.